The molecule has 3 aromatic rings. The van der Waals surface area contributed by atoms with Gasteiger partial charge < -0.3 is 51.2 Å². The predicted octanol–water partition coefficient (Wildman–Crippen LogP) is -4.40. The highest BCUT2D eigenvalue weighted by Crippen LogP contribution is 2.32. The van der Waals surface area contributed by atoms with E-state index in [9.17, 15) is 25.5 Å². The highest BCUT2D eigenvalue weighted by molar-refractivity contribution is 5.81. The molecule has 0 amide bonds. The van der Waals surface area contributed by atoms with Crippen LogP contribution in [-0.4, -0.2) is 116 Å². The molecular formula is C19H27N9O8. The number of rotatable bonds is 7. The number of anilines is 1. The van der Waals surface area contributed by atoms with Crippen LogP contribution in [0, 0.1) is 0 Å². The Balaban J connectivity index is 1.21. The number of fused-ring (bicyclic) bond motifs is 1. The molecule has 2 saturated heterocycles. The van der Waals surface area contributed by atoms with Crippen LogP contribution < -0.4 is 11.5 Å². The number of aliphatic hydroxyl groups is 5. The molecule has 36 heavy (non-hydrogen) atoms. The average Bonchev–Trinajstić information content (AvgIpc) is 3.57. The topological polar surface area (TPSA) is 255 Å². The fraction of sp³-hybridized carbons (Fsp3) is 0.632. The van der Waals surface area contributed by atoms with E-state index in [0.29, 0.717) is 16.9 Å². The zero-order chi connectivity index (χ0) is 25.6. The van der Waals surface area contributed by atoms with E-state index in [0.717, 1.165) is 0 Å². The van der Waals surface area contributed by atoms with Gasteiger partial charge in [0, 0.05) is 0 Å². The van der Waals surface area contributed by atoms with Crippen molar-refractivity contribution in [2.75, 3.05) is 12.3 Å². The maximum atomic E-state index is 10.6. The maximum Gasteiger partial charge on any atom is 0.176 e. The van der Waals surface area contributed by atoms with Crippen LogP contribution in [0.4, 0.5) is 5.82 Å². The molecule has 5 rings (SSSR count). The van der Waals surface area contributed by atoms with Crippen molar-refractivity contribution < 1.29 is 39.7 Å². The van der Waals surface area contributed by atoms with Gasteiger partial charge >= 0.3 is 0 Å². The van der Waals surface area contributed by atoms with Crippen molar-refractivity contribution >= 4 is 17.0 Å². The summed E-state index contributed by atoms with van der Waals surface area (Å²) in [5, 5.41) is 58.4. The van der Waals surface area contributed by atoms with Crippen LogP contribution in [0.25, 0.3) is 11.2 Å². The Labute approximate surface area is 202 Å². The highest BCUT2D eigenvalue weighted by Gasteiger charge is 2.45. The first-order valence-electron chi connectivity index (χ1n) is 11.1. The Hall–Kier alpha value is -2.87. The van der Waals surface area contributed by atoms with Gasteiger partial charge in [0.15, 0.2) is 24.0 Å². The van der Waals surface area contributed by atoms with Crippen molar-refractivity contribution in [2.24, 2.45) is 5.73 Å². The third-order valence-electron chi connectivity index (χ3n) is 6.28. The summed E-state index contributed by atoms with van der Waals surface area (Å²) in [6.07, 6.45) is -4.94. The van der Waals surface area contributed by atoms with Crippen molar-refractivity contribution in [3.05, 3.63) is 24.5 Å². The van der Waals surface area contributed by atoms with Gasteiger partial charge in [-0.05, 0) is 0 Å². The normalized spacial score (nSPS) is 35.0. The van der Waals surface area contributed by atoms with E-state index in [4.69, 9.17) is 25.7 Å². The Bertz CT molecular complexity index is 1190. The molecule has 196 valence electrons. The molecule has 0 radical (unpaired) electrons. The number of imidazole rings is 1. The molecule has 9 atom stereocenters. The smallest absolute Gasteiger partial charge is 0.176 e. The van der Waals surface area contributed by atoms with E-state index in [1.54, 1.807) is 6.20 Å². The molecule has 0 unspecified atom stereocenters. The molecule has 2 aliphatic rings. The minimum atomic E-state index is -1.34. The Kier molecular flexibility index (Phi) is 6.81. The highest BCUT2D eigenvalue weighted by atomic mass is 16.7. The van der Waals surface area contributed by atoms with Crippen molar-refractivity contribution in [1.82, 2.24) is 34.5 Å². The monoisotopic (exact) mass is 509 g/mol. The average molecular weight is 509 g/mol. The number of nitrogens with two attached hydrogens (primary N) is 2. The lowest BCUT2D eigenvalue weighted by atomic mass is 9.98. The van der Waals surface area contributed by atoms with Gasteiger partial charge in [0.25, 0.3) is 0 Å². The molecule has 9 N–H and O–H groups in total. The molecule has 2 aliphatic heterocycles. The third-order valence-corrected chi connectivity index (χ3v) is 6.28. The van der Waals surface area contributed by atoms with Crippen molar-refractivity contribution in [2.45, 2.75) is 68.3 Å². The Morgan fingerprint density at radius 1 is 1.00 bits per heavy atom. The fourth-order valence-electron chi connectivity index (χ4n) is 4.27. The number of aromatic nitrogens is 7. The lowest BCUT2D eigenvalue weighted by Gasteiger charge is -2.40. The number of nitrogen functional groups attached to an aromatic ring is 1. The summed E-state index contributed by atoms with van der Waals surface area (Å²) in [5.74, 6) is 0.179. The van der Waals surface area contributed by atoms with E-state index in [-0.39, 0.29) is 19.0 Å². The fourth-order valence-corrected chi connectivity index (χ4v) is 4.27. The number of hydrogen-bond acceptors (Lipinski definition) is 15. The first kappa shape index (κ1) is 24.8. The number of ether oxygens (including phenoxy) is 3. The summed E-state index contributed by atoms with van der Waals surface area (Å²) in [4.78, 5) is 12.2. The van der Waals surface area contributed by atoms with E-state index < -0.39 is 61.8 Å². The number of hydrogen-bond donors (Lipinski definition) is 7. The Morgan fingerprint density at radius 2 is 1.78 bits per heavy atom. The zero-order valence-electron chi connectivity index (χ0n) is 18.8. The van der Waals surface area contributed by atoms with Gasteiger partial charge in [0.05, 0.1) is 38.3 Å². The van der Waals surface area contributed by atoms with Crippen LogP contribution >= 0.6 is 0 Å². The van der Waals surface area contributed by atoms with Gasteiger partial charge in [-0.3, -0.25) is 4.57 Å². The second-order valence-corrected chi connectivity index (χ2v) is 8.66. The van der Waals surface area contributed by atoms with E-state index in [2.05, 4.69) is 25.3 Å². The summed E-state index contributed by atoms with van der Waals surface area (Å²) < 4.78 is 19.8. The van der Waals surface area contributed by atoms with Crippen LogP contribution in [0.15, 0.2) is 18.9 Å². The van der Waals surface area contributed by atoms with Gasteiger partial charge in [-0.25, -0.2) is 19.6 Å². The summed E-state index contributed by atoms with van der Waals surface area (Å²) in [7, 11) is 0. The van der Waals surface area contributed by atoms with Crippen LogP contribution in [-0.2, 0) is 27.4 Å². The summed E-state index contributed by atoms with van der Waals surface area (Å²) >= 11 is 0. The third kappa shape index (κ3) is 4.40. The maximum absolute atomic E-state index is 10.6. The molecule has 17 nitrogen and oxygen atoms in total. The minimum Gasteiger partial charge on any atom is -0.394 e. The number of aliphatic hydroxyl groups excluding tert-OH is 5. The molecule has 0 aliphatic carbocycles. The molecule has 0 aromatic carbocycles. The molecule has 0 bridgehead atoms. The zero-order valence-corrected chi connectivity index (χ0v) is 18.8. The second kappa shape index (κ2) is 9.88. The van der Waals surface area contributed by atoms with Gasteiger partial charge in [-0.15, -0.1) is 5.10 Å². The van der Waals surface area contributed by atoms with Crippen LogP contribution in [0.1, 0.15) is 11.9 Å². The first-order valence-corrected chi connectivity index (χ1v) is 11.1. The molecule has 17 heteroatoms. The largest absolute Gasteiger partial charge is 0.394 e. The van der Waals surface area contributed by atoms with Gasteiger partial charge in [-0.1, -0.05) is 5.21 Å². The van der Waals surface area contributed by atoms with E-state index in [1.807, 2.05) is 0 Å². The summed E-state index contributed by atoms with van der Waals surface area (Å²) in [6, 6.07) is -1.04. The predicted molar refractivity (Wildman–Crippen MR) is 116 cm³/mol. The molecule has 0 spiro atoms. The van der Waals surface area contributed by atoms with Crippen molar-refractivity contribution in [1.29, 1.82) is 0 Å². The Morgan fingerprint density at radius 3 is 2.56 bits per heavy atom. The first-order chi connectivity index (χ1) is 17.3. The number of nitrogens with zero attached hydrogens (tertiary/aromatic N) is 7. The standard InChI is InChI=1S/C19H27N9O8/c20-10-14(32)13(31)9(3-29)36-19(10)34-4-7-1-27(26-25-7)2-8-12(30)15(33)18(35-8)28-6-24-11-16(21)22-5-23-17(11)28/h1,5-6,8-10,12-15,18-19,29-33H,2-4,20H2,(H2,21,22,23)/t8-,9-,10-,12-,13-,14-,15-,18-,19+/m1/s1. The molecule has 2 fully saturated rings. The van der Waals surface area contributed by atoms with Crippen molar-refractivity contribution in [3.8, 4) is 0 Å². The van der Waals surface area contributed by atoms with E-state index >= 15 is 0 Å². The summed E-state index contributed by atoms with van der Waals surface area (Å²) in [6.45, 7) is -0.560. The minimum absolute atomic E-state index is 0.0580. The van der Waals surface area contributed by atoms with Crippen LogP contribution in [0.5, 0.6) is 0 Å². The van der Waals surface area contributed by atoms with Crippen molar-refractivity contribution in [3.63, 3.8) is 0 Å². The van der Waals surface area contributed by atoms with Crippen LogP contribution in [0.3, 0.4) is 0 Å². The molecular weight excluding hydrogens is 482 g/mol. The van der Waals surface area contributed by atoms with E-state index in [1.165, 1.54) is 21.9 Å². The lowest BCUT2D eigenvalue weighted by Crippen LogP contribution is -2.62. The molecule has 3 aromatic heterocycles. The van der Waals surface area contributed by atoms with Gasteiger partial charge in [0.1, 0.15) is 54.2 Å². The lowest BCUT2D eigenvalue weighted by molar-refractivity contribution is -0.269. The van der Waals surface area contributed by atoms with Gasteiger partial charge in [0.2, 0.25) is 0 Å². The summed E-state index contributed by atoms with van der Waals surface area (Å²) in [5.41, 5.74) is 12.7. The molecule has 5 heterocycles. The SMILES string of the molecule is Nc1ncnc2c1ncn2[C@@H]1O[C@H](Cn2cc(CO[C@H]3O[C@H](CO)[C@@H](O)[C@H](O)[C@H]3N)nn2)[C@@H](O)[C@H]1O. The second-order valence-electron chi connectivity index (χ2n) is 8.66. The van der Waals surface area contributed by atoms with Crippen LogP contribution in [0.2, 0.25) is 0 Å². The molecule has 0 saturated carbocycles. The quantitative estimate of drug-likeness (QED) is 0.159. The van der Waals surface area contributed by atoms with Gasteiger partial charge in [-0.2, -0.15) is 0 Å².